The number of anilines is 2. The van der Waals surface area contributed by atoms with E-state index in [0.29, 0.717) is 33.4 Å². The van der Waals surface area contributed by atoms with Crippen LogP contribution in [-0.4, -0.2) is 47.8 Å². The van der Waals surface area contributed by atoms with E-state index in [1.54, 1.807) is 24.3 Å². The molecule has 8 heteroatoms. The first-order valence-corrected chi connectivity index (χ1v) is 13.8. The molecular weight excluding hydrogens is 523 g/mol. The van der Waals surface area contributed by atoms with Crippen molar-refractivity contribution >= 4 is 40.5 Å². The molecule has 3 aromatic carbocycles. The van der Waals surface area contributed by atoms with Crippen LogP contribution in [0.15, 0.2) is 54.6 Å². The van der Waals surface area contributed by atoms with Gasteiger partial charge in [-0.05, 0) is 67.6 Å². The Morgan fingerprint density at radius 1 is 1.13 bits per heavy atom. The molecule has 1 saturated carbocycles. The standard InChI is InChI=1S/C30H28Cl2N2O4/c1-34-15-30-18-10-12-24(29(30)38-28-23(35)11-9-17(26(28)30)13-22(18)34)37-25(36)14-16-5-2-3-8-21(16)33-27-19(31)6-4-7-20(27)32/h2-9,11,18,22,24,29,33,35H,10,12-15H2,1H3/t18-,22+,24-,29-,30-/m0/s1. The van der Waals surface area contributed by atoms with E-state index in [0.717, 1.165) is 42.6 Å². The normalized spacial score (nSPS) is 28.5. The lowest BCUT2D eigenvalue weighted by Gasteiger charge is -2.47. The number of halogens is 2. The number of para-hydroxylation sites is 2. The number of esters is 1. The van der Waals surface area contributed by atoms with Crippen molar-refractivity contribution in [3.63, 3.8) is 0 Å². The Labute approximate surface area is 231 Å². The first-order valence-electron chi connectivity index (χ1n) is 13.1. The second kappa shape index (κ2) is 8.80. The smallest absolute Gasteiger partial charge is 0.310 e. The quantitative estimate of drug-likeness (QED) is 0.387. The van der Waals surface area contributed by atoms with Crippen LogP contribution >= 0.6 is 23.2 Å². The zero-order chi connectivity index (χ0) is 26.2. The van der Waals surface area contributed by atoms with Crippen molar-refractivity contribution in [2.24, 2.45) is 5.92 Å². The molecule has 4 aliphatic rings. The molecule has 0 unspecified atom stereocenters. The van der Waals surface area contributed by atoms with Gasteiger partial charge in [0.2, 0.25) is 0 Å². The third kappa shape index (κ3) is 3.47. The Morgan fingerprint density at radius 3 is 2.74 bits per heavy atom. The molecule has 2 aliphatic carbocycles. The molecule has 2 aliphatic heterocycles. The van der Waals surface area contributed by atoms with Crippen molar-refractivity contribution in [2.45, 2.75) is 49.3 Å². The maximum absolute atomic E-state index is 13.4. The Balaban J connectivity index is 1.15. The molecule has 3 aromatic rings. The van der Waals surface area contributed by atoms with E-state index < -0.39 is 0 Å². The van der Waals surface area contributed by atoms with Crippen molar-refractivity contribution in [1.82, 2.24) is 4.90 Å². The maximum Gasteiger partial charge on any atom is 0.310 e. The molecule has 7 rings (SSSR count). The minimum atomic E-state index is -0.387. The fourth-order valence-electron chi connectivity index (χ4n) is 7.56. The minimum absolute atomic E-state index is 0.0941. The molecule has 1 saturated heterocycles. The third-order valence-electron chi connectivity index (χ3n) is 9.03. The highest BCUT2D eigenvalue weighted by molar-refractivity contribution is 6.39. The molecule has 2 fully saturated rings. The molecule has 2 heterocycles. The number of benzene rings is 3. The van der Waals surface area contributed by atoms with E-state index in [2.05, 4.69) is 17.3 Å². The van der Waals surface area contributed by atoms with Gasteiger partial charge in [0.05, 0.1) is 27.6 Å². The first kappa shape index (κ1) is 24.1. The molecule has 2 N–H and O–H groups in total. The number of carbonyl (C=O) groups is 1. The van der Waals surface area contributed by atoms with Crippen LogP contribution in [0.2, 0.25) is 10.0 Å². The Morgan fingerprint density at radius 2 is 1.92 bits per heavy atom. The lowest BCUT2D eigenvalue weighted by atomic mass is 9.57. The number of hydrogen-bond acceptors (Lipinski definition) is 6. The molecule has 38 heavy (non-hydrogen) atoms. The van der Waals surface area contributed by atoms with E-state index in [-0.39, 0.29) is 35.8 Å². The predicted molar refractivity (Wildman–Crippen MR) is 147 cm³/mol. The number of likely N-dealkylation sites (tertiary alicyclic amines) is 1. The van der Waals surface area contributed by atoms with Crippen LogP contribution in [0.25, 0.3) is 0 Å². The number of aromatic hydroxyl groups is 1. The minimum Gasteiger partial charge on any atom is -0.504 e. The van der Waals surface area contributed by atoms with Crippen LogP contribution in [0.4, 0.5) is 11.4 Å². The van der Waals surface area contributed by atoms with Crippen molar-refractivity contribution in [1.29, 1.82) is 0 Å². The van der Waals surface area contributed by atoms with E-state index in [9.17, 15) is 9.90 Å². The number of carbonyl (C=O) groups excluding carboxylic acids is 1. The molecule has 0 aromatic heterocycles. The highest BCUT2D eigenvalue weighted by Crippen LogP contribution is 2.64. The van der Waals surface area contributed by atoms with Gasteiger partial charge in [0.25, 0.3) is 0 Å². The Bertz CT molecular complexity index is 1440. The molecular formula is C30H28Cl2N2O4. The summed E-state index contributed by atoms with van der Waals surface area (Å²) in [5, 5.41) is 15.0. The Kier molecular flexibility index (Phi) is 5.59. The lowest BCUT2D eigenvalue weighted by Crippen LogP contribution is -2.57. The number of rotatable bonds is 5. The summed E-state index contributed by atoms with van der Waals surface area (Å²) < 4.78 is 12.7. The molecule has 0 radical (unpaired) electrons. The van der Waals surface area contributed by atoms with Gasteiger partial charge in [-0.1, -0.05) is 53.5 Å². The molecule has 0 amide bonds. The van der Waals surface area contributed by atoms with Gasteiger partial charge in [-0.15, -0.1) is 0 Å². The largest absolute Gasteiger partial charge is 0.504 e. The van der Waals surface area contributed by atoms with E-state index >= 15 is 0 Å². The highest BCUT2D eigenvalue weighted by Gasteiger charge is 2.68. The summed E-state index contributed by atoms with van der Waals surface area (Å²) >= 11 is 12.7. The van der Waals surface area contributed by atoms with Crippen molar-refractivity contribution in [3.05, 3.63) is 81.3 Å². The van der Waals surface area contributed by atoms with Gasteiger partial charge in [0, 0.05) is 23.8 Å². The van der Waals surface area contributed by atoms with Crippen LogP contribution in [0.5, 0.6) is 11.5 Å². The van der Waals surface area contributed by atoms with Gasteiger partial charge in [0.15, 0.2) is 11.5 Å². The van der Waals surface area contributed by atoms with E-state index in [4.69, 9.17) is 32.7 Å². The summed E-state index contributed by atoms with van der Waals surface area (Å²) in [5.41, 5.74) is 4.25. The van der Waals surface area contributed by atoms with Crippen molar-refractivity contribution in [2.75, 3.05) is 18.9 Å². The predicted octanol–water partition coefficient (Wildman–Crippen LogP) is 5.88. The summed E-state index contributed by atoms with van der Waals surface area (Å²) in [6, 6.07) is 17.1. The number of likely N-dealkylation sites (N-methyl/N-ethyl adjacent to an activating group) is 1. The number of phenolic OH excluding ortho intramolecular Hbond substituents is 1. The fraction of sp³-hybridized carbons (Fsp3) is 0.367. The SMILES string of the molecule is CN1C[C@]23c4c5ccc(O)c4O[C@H]2[C@@H](OC(=O)Cc2ccccc2Nc2c(Cl)cccc2Cl)CC[C@H]3[C@H]1C5. The number of nitrogens with one attached hydrogen (secondary N) is 1. The van der Waals surface area contributed by atoms with Gasteiger partial charge in [-0.2, -0.15) is 0 Å². The van der Waals surface area contributed by atoms with Crippen LogP contribution in [-0.2, 0) is 27.8 Å². The second-order valence-electron chi connectivity index (χ2n) is 11.0. The van der Waals surface area contributed by atoms with Crippen LogP contribution in [0.3, 0.4) is 0 Å². The molecule has 196 valence electrons. The molecule has 2 bridgehead atoms. The third-order valence-corrected chi connectivity index (χ3v) is 9.66. The second-order valence-corrected chi connectivity index (χ2v) is 11.8. The van der Waals surface area contributed by atoms with Gasteiger partial charge >= 0.3 is 5.97 Å². The Hall–Kier alpha value is -2.93. The summed E-state index contributed by atoms with van der Waals surface area (Å²) in [6.07, 6.45) is 2.07. The van der Waals surface area contributed by atoms with E-state index in [1.807, 2.05) is 30.3 Å². The molecule has 6 nitrogen and oxygen atoms in total. The zero-order valence-electron chi connectivity index (χ0n) is 20.9. The van der Waals surface area contributed by atoms with Gasteiger partial charge in [0.1, 0.15) is 12.2 Å². The van der Waals surface area contributed by atoms with Crippen LogP contribution < -0.4 is 10.1 Å². The number of phenols is 1. The van der Waals surface area contributed by atoms with E-state index in [1.165, 1.54) is 5.56 Å². The van der Waals surface area contributed by atoms with Crippen LogP contribution in [0, 0.1) is 5.92 Å². The zero-order valence-corrected chi connectivity index (χ0v) is 22.4. The summed E-state index contributed by atoms with van der Waals surface area (Å²) in [5.74, 6) is 0.864. The van der Waals surface area contributed by atoms with Gasteiger partial charge < -0.3 is 24.8 Å². The summed E-state index contributed by atoms with van der Waals surface area (Å²) in [7, 11) is 2.18. The van der Waals surface area contributed by atoms with Crippen molar-refractivity contribution in [3.8, 4) is 11.5 Å². The first-order chi connectivity index (χ1) is 18.4. The summed E-state index contributed by atoms with van der Waals surface area (Å²) in [4.78, 5) is 15.8. The number of ether oxygens (including phenoxy) is 2. The average Bonchev–Trinajstić information content (AvgIpc) is 3.34. The van der Waals surface area contributed by atoms with Gasteiger partial charge in [-0.3, -0.25) is 4.79 Å². The molecule has 1 spiro atoms. The fourth-order valence-corrected chi connectivity index (χ4v) is 8.05. The molecule has 5 atom stereocenters. The summed E-state index contributed by atoms with van der Waals surface area (Å²) in [6.45, 7) is 0.843. The highest BCUT2D eigenvalue weighted by atomic mass is 35.5. The topological polar surface area (TPSA) is 71.0 Å². The monoisotopic (exact) mass is 550 g/mol. The number of nitrogens with zero attached hydrogens (tertiary/aromatic N) is 1. The average molecular weight is 551 g/mol. The van der Waals surface area contributed by atoms with Crippen molar-refractivity contribution < 1.29 is 19.4 Å². The maximum atomic E-state index is 13.4. The van der Waals surface area contributed by atoms with Gasteiger partial charge in [-0.25, -0.2) is 0 Å². The van der Waals surface area contributed by atoms with Crippen LogP contribution in [0.1, 0.15) is 29.5 Å². The lowest BCUT2D eigenvalue weighted by molar-refractivity contribution is -0.159. The number of hydrogen-bond donors (Lipinski definition) is 2.